The highest BCUT2D eigenvalue weighted by molar-refractivity contribution is 5.98. The number of benzene rings is 1. The summed E-state index contributed by atoms with van der Waals surface area (Å²) in [7, 11) is 0. The molecule has 9 heteroatoms. The molecular weight excluding hydrogens is 537 g/mol. The van der Waals surface area contributed by atoms with E-state index in [0.717, 1.165) is 24.8 Å². The first-order chi connectivity index (χ1) is 19.5. The predicted molar refractivity (Wildman–Crippen MR) is 161 cm³/mol. The van der Waals surface area contributed by atoms with Gasteiger partial charge in [0.15, 0.2) is 0 Å². The van der Waals surface area contributed by atoms with Crippen LogP contribution in [-0.4, -0.2) is 17.4 Å². The molecule has 0 saturated heterocycles. The van der Waals surface area contributed by atoms with Crippen molar-refractivity contribution in [3.8, 4) is 5.75 Å². The fourth-order valence-electron chi connectivity index (χ4n) is 4.16. The van der Waals surface area contributed by atoms with E-state index in [2.05, 4.69) is 43.0 Å². The van der Waals surface area contributed by atoms with Gasteiger partial charge in [-0.05, 0) is 56.0 Å². The number of aliphatic imine (C=N–C) groups is 1. The van der Waals surface area contributed by atoms with Gasteiger partial charge in [-0.1, -0.05) is 73.1 Å². The smallest absolute Gasteiger partial charge is 0.420 e. The third-order valence-electron chi connectivity index (χ3n) is 5.97. The maximum absolute atomic E-state index is 14.2. The van der Waals surface area contributed by atoms with Crippen LogP contribution in [0, 0.1) is 11.9 Å². The highest BCUT2D eigenvalue weighted by Crippen LogP contribution is 2.38. The fraction of sp³-hybridized carbons (Fsp3) is 0.562. The van der Waals surface area contributed by atoms with Crippen LogP contribution in [0.5, 0.6) is 5.75 Å². The number of hydrogen-bond acceptors (Lipinski definition) is 3. The van der Waals surface area contributed by atoms with Gasteiger partial charge >= 0.3 is 6.18 Å². The summed E-state index contributed by atoms with van der Waals surface area (Å²) in [5, 5.41) is 2.84. The molecule has 0 unspecified atom stereocenters. The lowest BCUT2D eigenvalue weighted by Crippen LogP contribution is -2.14. The van der Waals surface area contributed by atoms with Gasteiger partial charge in [0.25, 0.3) is 0 Å². The summed E-state index contributed by atoms with van der Waals surface area (Å²) >= 11 is 0. The third kappa shape index (κ3) is 13.5. The first-order valence-corrected chi connectivity index (χ1v) is 14.7. The van der Waals surface area contributed by atoms with Crippen LogP contribution < -0.4 is 10.1 Å². The number of aromatic nitrogens is 1. The van der Waals surface area contributed by atoms with Crippen LogP contribution in [-0.2, 0) is 6.18 Å². The minimum Gasteiger partial charge on any atom is -0.493 e. The Labute approximate surface area is 244 Å². The summed E-state index contributed by atoms with van der Waals surface area (Å²) in [5.74, 6) is -0.690. The van der Waals surface area contributed by atoms with Crippen molar-refractivity contribution in [1.82, 2.24) is 4.98 Å². The van der Waals surface area contributed by atoms with Crippen LogP contribution in [0.4, 0.5) is 27.6 Å². The average Bonchev–Trinajstić information content (AvgIpc) is 3.44. The Balaban J connectivity index is 0.00000221. The van der Waals surface area contributed by atoms with Crippen molar-refractivity contribution in [2.75, 3.05) is 11.9 Å². The number of pyridine rings is 1. The van der Waals surface area contributed by atoms with Crippen molar-refractivity contribution in [1.29, 1.82) is 0 Å². The number of allylic oxidation sites excluding steroid dienone is 1. The molecule has 41 heavy (non-hydrogen) atoms. The number of nitrogens with zero attached hydrogens (tertiary/aromatic N) is 2. The van der Waals surface area contributed by atoms with Gasteiger partial charge in [0.2, 0.25) is 5.95 Å². The van der Waals surface area contributed by atoms with Gasteiger partial charge in [-0.2, -0.15) is 17.6 Å². The molecule has 0 amide bonds. The van der Waals surface area contributed by atoms with E-state index in [9.17, 15) is 22.0 Å². The Bertz CT molecular complexity index is 1080. The van der Waals surface area contributed by atoms with E-state index in [0.29, 0.717) is 12.3 Å². The topological polar surface area (TPSA) is 46.5 Å². The SMILES string of the molecule is CCC.CCC.CCC(=N/C(=C(\C)F)c1ccc(F)nc1)Nc1ccc(OCCCC2CCCC2)c(C(F)(F)F)c1.[HH]. The first-order valence-electron chi connectivity index (χ1n) is 14.7. The Kier molecular flexibility index (Phi) is 16.9. The maximum atomic E-state index is 14.2. The Morgan fingerprint density at radius 2 is 1.68 bits per heavy atom. The number of alkyl halides is 3. The monoisotopic (exact) mass is 585 g/mol. The summed E-state index contributed by atoms with van der Waals surface area (Å²) in [5.41, 5.74) is -0.583. The van der Waals surface area contributed by atoms with Crippen LogP contribution in [0.1, 0.15) is 112 Å². The van der Waals surface area contributed by atoms with Gasteiger partial charge in [0.1, 0.15) is 23.1 Å². The maximum Gasteiger partial charge on any atom is 0.420 e. The highest BCUT2D eigenvalue weighted by Gasteiger charge is 2.35. The Morgan fingerprint density at radius 1 is 1.05 bits per heavy atom. The van der Waals surface area contributed by atoms with E-state index in [-0.39, 0.29) is 43.0 Å². The Hall–Kier alpha value is -2.97. The lowest BCUT2D eigenvalue weighted by atomic mass is 10.0. The molecule has 0 spiro atoms. The molecule has 1 heterocycles. The van der Waals surface area contributed by atoms with Crippen molar-refractivity contribution < 1.29 is 28.1 Å². The molecule has 1 aliphatic rings. The van der Waals surface area contributed by atoms with Crippen molar-refractivity contribution in [3.63, 3.8) is 0 Å². The van der Waals surface area contributed by atoms with Crippen molar-refractivity contribution in [2.45, 2.75) is 106 Å². The highest BCUT2D eigenvalue weighted by atomic mass is 19.4. The summed E-state index contributed by atoms with van der Waals surface area (Å²) in [4.78, 5) is 7.74. The van der Waals surface area contributed by atoms with Gasteiger partial charge in [0.05, 0.1) is 12.2 Å². The van der Waals surface area contributed by atoms with Crippen LogP contribution in [0.2, 0.25) is 0 Å². The van der Waals surface area contributed by atoms with Crippen LogP contribution >= 0.6 is 0 Å². The number of rotatable bonds is 9. The number of amidine groups is 1. The summed E-state index contributed by atoms with van der Waals surface area (Å²) in [6.45, 7) is 11.6. The average molecular weight is 586 g/mol. The largest absolute Gasteiger partial charge is 0.493 e. The van der Waals surface area contributed by atoms with Crippen LogP contribution in [0.3, 0.4) is 0 Å². The molecule has 1 aliphatic carbocycles. The standard InChI is InChI=1S/C26H30F5N3O.2C3H8.H2/c1-3-24(34-25(17(2)27)19-10-13-23(28)32-16-19)33-20-11-12-22(21(15-20)26(29,30)31)35-14-6-9-18-7-4-5-8-18;2*1-3-2;/h10-13,15-16,18H,3-9,14H2,1-2H3,(H,33,34);2*3H2,1-2H3;1H/b25-17+;;;. The summed E-state index contributed by atoms with van der Waals surface area (Å²) in [6.07, 6.45) is 5.82. The molecule has 1 aromatic heterocycles. The molecule has 1 saturated carbocycles. The predicted octanol–water partition coefficient (Wildman–Crippen LogP) is 11.2. The molecule has 1 N–H and O–H groups in total. The number of halogens is 5. The minimum absolute atomic E-state index is 0. The third-order valence-corrected chi connectivity index (χ3v) is 5.97. The molecule has 1 fully saturated rings. The zero-order valence-corrected chi connectivity index (χ0v) is 25.3. The number of hydrogen-bond donors (Lipinski definition) is 1. The van der Waals surface area contributed by atoms with Crippen molar-refractivity contribution in [3.05, 3.63) is 59.4 Å². The minimum atomic E-state index is -4.61. The van der Waals surface area contributed by atoms with Gasteiger partial charge in [-0.3, -0.25) is 0 Å². The molecule has 2 aromatic rings. The molecule has 0 bridgehead atoms. The molecule has 0 radical (unpaired) electrons. The van der Waals surface area contributed by atoms with E-state index < -0.39 is 23.5 Å². The Morgan fingerprint density at radius 3 is 2.20 bits per heavy atom. The first kappa shape index (κ1) is 36.1. The summed E-state index contributed by atoms with van der Waals surface area (Å²) in [6, 6.07) is 6.13. The number of anilines is 1. The lowest BCUT2D eigenvalue weighted by molar-refractivity contribution is -0.138. The zero-order chi connectivity index (χ0) is 30.8. The van der Waals surface area contributed by atoms with Crippen LogP contribution in [0.25, 0.3) is 5.70 Å². The zero-order valence-electron chi connectivity index (χ0n) is 25.3. The molecule has 4 nitrogen and oxygen atoms in total. The quantitative estimate of drug-likeness (QED) is 0.105. The molecular formula is C32H48F5N3O. The molecule has 0 aliphatic heterocycles. The van der Waals surface area contributed by atoms with E-state index in [1.165, 1.54) is 63.6 Å². The summed E-state index contributed by atoms with van der Waals surface area (Å²) < 4.78 is 74.0. The molecule has 0 atom stereocenters. The fourth-order valence-corrected chi connectivity index (χ4v) is 4.16. The van der Waals surface area contributed by atoms with E-state index in [1.54, 1.807) is 6.92 Å². The molecule has 232 valence electrons. The lowest BCUT2D eigenvalue weighted by Gasteiger charge is -2.17. The van der Waals surface area contributed by atoms with Crippen molar-refractivity contribution in [2.24, 2.45) is 10.9 Å². The van der Waals surface area contributed by atoms with Gasteiger partial charge in [-0.25, -0.2) is 14.4 Å². The molecule has 1 aromatic carbocycles. The van der Waals surface area contributed by atoms with Gasteiger partial charge < -0.3 is 10.1 Å². The van der Waals surface area contributed by atoms with E-state index in [1.807, 2.05) is 0 Å². The number of ether oxygens (including phenoxy) is 1. The van der Waals surface area contributed by atoms with Gasteiger partial charge in [0, 0.05) is 25.3 Å². The van der Waals surface area contributed by atoms with Gasteiger partial charge in [-0.15, -0.1) is 0 Å². The normalized spacial score (nSPS) is 14.4. The molecule has 3 rings (SSSR count). The number of nitrogens with one attached hydrogen (secondary N) is 1. The van der Waals surface area contributed by atoms with Crippen LogP contribution in [0.15, 0.2) is 47.3 Å². The second-order valence-corrected chi connectivity index (χ2v) is 10.1. The van der Waals surface area contributed by atoms with Crippen molar-refractivity contribution >= 4 is 17.2 Å². The van der Waals surface area contributed by atoms with E-state index >= 15 is 0 Å². The second kappa shape index (κ2) is 19.2. The van der Waals surface area contributed by atoms with E-state index in [4.69, 9.17) is 4.74 Å². The second-order valence-electron chi connectivity index (χ2n) is 10.1.